The lowest BCUT2D eigenvalue weighted by Gasteiger charge is -2.26. The van der Waals surface area contributed by atoms with E-state index >= 15 is 0 Å². The number of hydrogen-bond acceptors (Lipinski definition) is 21. The fourth-order valence-electron chi connectivity index (χ4n) is 7.40. The molecule has 382 valence electrons. The van der Waals surface area contributed by atoms with Crippen LogP contribution in [0.4, 0.5) is 26.5 Å². The van der Waals surface area contributed by atoms with Gasteiger partial charge in [0.2, 0.25) is 5.91 Å². The Kier molecular flexibility index (Phi) is 16.6. The standard InChI is InChI=1S/C40H47FN10O18P2/c1-2-3-24(48-40(57)63-15-21-6-10-23(11-7-21)47-28(52)14-20-4-8-22(41)9-5-20)38(55)68-32-25(66-37(30(32)53)51-19-46-29-34(43)44-18-45-35(29)51)17-65-71(61,62)69-33-26(16-64-70(58,59)60)67-36(31(33)54)50-13-12-27(42)49-39(50)56/h4-13,18-19,24-26,30-33,36-37,53-54H,2-3,14-17H2,1H3,(H,47,52)(H,48,57)(H,61,62)(H2,42,49,56)(H2,43,44,45)(H2,58,59,60)/t24-,25-,26-,30-,31-,32-,33-,36-,37-/m1/s1. The van der Waals surface area contributed by atoms with E-state index < -0.39 is 108 Å². The molecule has 0 bridgehead atoms. The first kappa shape index (κ1) is 52.5. The van der Waals surface area contributed by atoms with Gasteiger partial charge in [-0.15, -0.1) is 0 Å². The molecule has 2 aliphatic heterocycles. The zero-order valence-corrected chi connectivity index (χ0v) is 38.8. The molecule has 0 radical (unpaired) electrons. The van der Waals surface area contributed by atoms with Crippen molar-refractivity contribution in [3.8, 4) is 0 Å². The summed E-state index contributed by atoms with van der Waals surface area (Å²) in [5.74, 6) is -2.12. The molecule has 2 aliphatic rings. The summed E-state index contributed by atoms with van der Waals surface area (Å²) in [5, 5.41) is 28.0. The maximum atomic E-state index is 13.8. The fourth-order valence-corrected chi connectivity index (χ4v) is 8.71. The molecule has 1 unspecified atom stereocenters. The van der Waals surface area contributed by atoms with Gasteiger partial charge in [-0.3, -0.25) is 27.5 Å². The van der Waals surface area contributed by atoms with Crippen molar-refractivity contribution in [2.24, 2.45) is 0 Å². The normalized spacial score (nSPS) is 23.5. The van der Waals surface area contributed by atoms with Gasteiger partial charge in [0.25, 0.3) is 0 Å². The van der Waals surface area contributed by atoms with Crippen LogP contribution in [0.1, 0.15) is 43.3 Å². The predicted molar refractivity (Wildman–Crippen MR) is 238 cm³/mol. The van der Waals surface area contributed by atoms with Crippen molar-refractivity contribution in [3.63, 3.8) is 0 Å². The summed E-state index contributed by atoms with van der Waals surface area (Å²) >= 11 is 0. The second-order valence-corrected chi connectivity index (χ2v) is 18.5. The topological polar surface area (TPSA) is 406 Å². The highest BCUT2D eigenvalue weighted by Gasteiger charge is 2.52. The number of aliphatic hydroxyl groups is 2. The van der Waals surface area contributed by atoms with Crippen molar-refractivity contribution in [3.05, 3.63) is 101 Å². The predicted octanol–water partition coefficient (Wildman–Crippen LogP) is 0.703. The number of hydrogen-bond donors (Lipinski definition) is 9. The van der Waals surface area contributed by atoms with Crippen LogP contribution < -0.4 is 27.8 Å². The molecule has 2 amide bonds. The lowest BCUT2D eigenvalue weighted by Crippen LogP contribution is -2.46. The number of anilines is 3. The summed E-state index contributed by atoms with van der Waals surface area (Å²) in [5.41, 5.74) is 12.2. The van der Waals surface area contributed by atoms with Gasteiger partial charge in [0.1, 0.15) is 66.6 Å². The lowest BCUT2D eigenvalue weighted by atomic mass is 10.1. The molecule has 28 nitrogen and oxygen atoms in total. The van der Waals surface area contributed by atoms with E-state index in [9.17, 15) is 57.6 Å². The molecule has 3 aromatic heterocycles. The molecule has 2 saturated heterocycles. The number of nitrogen functional groups attached to an aromatic ring is 2. The van der Waals surface area contributed by atoms with E-state index in [1.54, 1.807) is 31.2 Å². The number of carbonyl (C=O) groups is 3. The van der Waals surface area contributed by atoms with Crippen molar-refractivity contribution >= 4 is 62.1 Å². The molecule has 71 heavy (non-hydrogen) atoms. The molecule has 7 rings (SSSR count). The minimum atomic E-state index is -5.46. The SMILES string of the molecule is CCC[C@@H](NC(=O)OCc1ccc(NC(=O)Cc2ccc(F)cc2)cc1)C(=O)O[C@H]1[C@@H](O)[C@H](n2cnc3c(N)ncnc32)O[C@@H]1COP(=O)(O)O[C@H]1[C@@H](O)[C@H](n2ccc(N)nc2=O)O[C@@H]1COP(=O)(O)O. The Morgan fingerprint density at radius 3 is 2.20 bits per heavy atom. The molecule has 5 aromatic rings. The number of carbonyl (C=O) groups excluding carboxylic acids is 3. The maximum absolute atomic E-state index is 13.8. The number of aromatic nitrogens is 6. The summed E-state index contributed by atoms with van der Waals surface area (Å²) < 4.78 is 78.0. The van der Waals surface area contributed by atoms with E-state index in [0.29, 0.717) is 23.2 Å². The van der Waals surface area contributed by atoms with Crippen LogP contribution >= 0.6 is 15.6 Å². The van der Waals surface area contributed by atoms with Crippen molar-refractivity contribution in [2.75, 3.05) is 30.0 Å². The number of nitrogens with zero attached hydrogens (tertiary/aromatic N) is 6. The van der Waals surface area contributed by atoms with Gasteiger partial charge in [-0.05, 0) is 47.9 Å². The molecule has 11 N–H and O–H groups in total. The van der Waals surface area contributed by atoms with Crippen LogP contribution in [0.5, 0.6) is 0 Å². The highest BCUT2D eigenvalue weighted by molar-refractivity contribution is 7.47. The third-order valence-corrected chi connectivity index (χ3v) is 12.2. The Balaban J connectivity index is 1.02. The number of nitrogens with two attached hydrogens (primary N) is 2. The van der Waals surface area contributed by atoms with Crippen LogP contribution in [0.15, 0.2) is 78.2 Å². The smallest absolute Gasteiger partial charge is 0.455 e. The minimum absolute atomic E-state index is 0.00517. The van der Waals surface area contributed by atoms with E-state index in [4.69, 9.17) is 39.5 Å². The number of halogens is 1. The Bertz CT molecular complexity index is 2860. The van der Waals surface area contributed by atoms with E-state index in [1.165, 1.54) is 35.2 Å². The molecule has 2 fully saturated rings. The van der Waals surface area contributed by atoms with Crippen LogP contribution in [0.2, 0.25) is 0 Å². The van der Waals surface area contributed by atoms with Gasteiger partial charge in [-0.1, -0.05) is 37.6 Å². The minimum Gasteiger partial charge on any atom is -0.455 e. The number of imidazole rings is 1. The Labute approximate surface area is 399 Å². The summed E-state index contributed by atoms with van der Waals surface area (Å²) in [7, 11) is -10.7. The first-order chi connectivity index (χ1) is 33.7. The first-order valence-electron chi connectivity index (χ1n) is 21.3. The van der Waals surface area contributed by atoms with Crippen molar-refractivity contribution in [2.45, 2.75) is 87.9 Å². The van der Waals surface area contributed by atoms with Crippen molar-refractivity contribution in [1.29, 1.82) is 0 Å². The zero-order chi connectivity index (χ0) is 51.2. The van der Waals surface area contributed by atoms with Gasteiger partial charge in [-0.25, -0.2) is 42.9 Å². The number of rotatable bonds is 20. The number of nitrogens with one attached hydrogen (secondary N) is 2. The second kappa shape index (κ2) is 22.4. The number of aliphatic hydroxyl groups excluding tert-OH is 2. The fraction of sp³-hybridized carbons (Fsp3) is 0.400. The Hall–Kier alpha value is -6.33. The zero-order valence-electron chi connectivity index (χ0n) is 37.0. The van der Waals surface area contributed by atoms with Crippen LogP contribution in [0, 0.1) is 5.82 Å². The van der Waals surface area contributed by atoms with Gasteiger partial charge >= 0.3 is 33.4 Å². The highest BCUT2D eigenvalue weighted by atomic mass is 31.2. The average Bonchev–Trinajstić information content (AvgIpc) is 3.97. The molecule has 0 saturated carbocycles. The largest absolute Gasteiger partial charge is 0.472 e. The molecule has 2 aromatic carbocycles. The molecule has 0 spiro atoms. The number of phosphoric acid groups is 2. The van der Waals surface area contributed by atoms with Gasteiger partial charge in [0, 0.05) is 11.9 Å². The third kappa shape index (κ3) is 13.4. The van der Waals surface area contributed by atoms with Crippen LogP contribution in [-0.4, -0.2) is 128 Å². The average molecular weight is 1040 g/mol. The van der Waals surface area contributed by atoms with Crippen LogP contribution in [-0.2, 0) is 64.3 Å². The monoisotopic (exact) mass is 1040 g/mol. The van der Waals surface area contributed by atoms with Crippen molar-refractivity contribution in [1.82, 2.24) is 34.4 Å². The highest BCUT2D eigenvalue weighted by Crippen LogP contribution is 2.50. The van der Waals surface area contributed by atoms with Crippen LogP contribution in [0.25, 0.3) is 11.2 Å². The summed E-state index contributed by atoms with van der Waals surface area (Å²) in [6.45, 7) is -0.617. The van der Waals surface area contributed by atoms with E-state index in [2.05, 4.69) is 35.1 Å². The van der Waals surface area contributed by atoms with Gasteiger partial charge in [0.05, 0.1) is 26.0 Å². The van der Waals surface area contributed by atoms with Crippen LogP contribution in [0.3, 0.4) is 0 Å². The number of amides is 2. The van der Waals surface area contributed by atoms with Gasteiger partial charge in [0.15, 0.2) is 30.0 Å². The first-order valence-corrected chi connectivity index (χ1v) is 24.3. The second-order valence-electron chi connectivity index (χ2n) is 15.9. The number of fused-ring (bicyclic) bond motifs is 1. The van der Waals surface area contributed by atoms with Crippen molar-refractivity contribution < 1.29 is 85.3 Å². The number of ether oxygens (including phenoxy) is 4. The maximum Gasteiger partial charge on any atom is 0.472 e. The third-order valence-electron chi connectivity index (χ3n) is 10.8. The molecule has 5 heterocycles. The molecule has 10 atom stereocenters. The number of phosphoric ester groups is 2. The van der Waals surface area contributed by atoms with E-state index in [-0.39, 0.29) is 48.2 Å². The number of benzene rings is 2. The summed E-state index contributed by atoms with van der Waals surface area (Å²) in [6.07, 6.45) is -11.5. The quantitative estimate of drug-likeness (QED) is 0.0383. The Morgan fingerprint density at radius 2 is 1.52 bits per heavy atom. The molecular weight excluding hydrogens is 989 g/mol. The molecule has 31 heteroatoms. The summed E-state index contributed by atoms with van der Waals surface area (Å²) in [6, 6.07) is 11.6. The Morgan fingerprint density at radius 1 is 0.873 bits per heavy atom. The lowest BCUT2D eigenvalue weighted by molar-refractivity contribution is -0.159. The molecular formula is C40H47FN10O18P2. The summed E-state index contributed by atoms with van der Waals surface area (Å²) in [4.78, 5) is 97.3. The van der Waals surface area contributed by atoms with Gasteiger partial charge < -0.3 is 65.9 Å². The van der Waals surface area contributed by atoms with E-state index in [1.807, 2.05) is 0 Å². The molecule has 0 aliphatic carbocycles. The van der Waals surface area contributed by atoms with E-state index in [0.717, 1.165) is 23.2 Å². The number of esters is 1. The number of alkyl carbamates (subject to hydrolysis) is 1. The van der Waals surface area contributed by atoms with Gasteiger partial charge in [-0.2, -0.15) is 4.98 Å².